The van der Waals surface area contributed by atoms with Crippen molar-refractivity contribution in [3.05, 3.63) is 10.1 Å². The van der Waals surface area contributed by atoms with E-state index >= 15 is 0 Å². The van der Waals surface area contributed by atoms with Crippen molar-refractivity contribution in [2.75, 3.05) is 0 Å². The van der Waals surface area contributed by atoms with E-state index in [-0.39, 0.29) is 4.92 Å². The summed E-state index contributed by atoms with van der Waals surface area (Å²) in [6.07, 6.45) is 3.58. The predicted octanol–water partition coefficient (Wildman–Crippen LogP) is 1.60. The molecule has 0 aromatic rings. The second kappa shape index (κ2) is 1.97. The normalized spacial score (nSPS) is 24.1. The van der Waals surface area contributed by atoms with Crippen LogP contribution in [0.1, 0.15) is 32.6 Å². The first-order valence-corrected chi connectivity index (χ1v) is 3.30. The molecule has 0 aromatic carbocycles. The summed E-state index contributed by atoms with van der Waals surface area (Å²) < 4.78 is 0. The highest BCUT2D eigenvalue weighted by molar-refractivity contribution is 4.79. The van der Waals surface area contributed by atoms with Gasteiger partial charge in [0.15, 0.2) is 0 Å². The van der Waals surface area contributed by atoms with Crippen LogP contribution in [0, 0.1) is 10.1 Å². The fraction of sp³-hybridized carbons (Fsp3) is 1.00. The van der Waals surface area contributed by atoms with Gasteiger partial charge in [-0.1, -0.05) is 0 Å². The lowest BCUT2D eigenvalue weighted by molar-refractivity contribution is -0.563. The van der Waals surface area contributed by atoms with E-state index < -0.39 is 5.54 Å². The van der Waals surface area contributed by atoms with Gasteiger partial charge in [0.05, 0.1) is 0 Å². The summed E-state index contributed by atoms with van der Waals surface area (Å²) in [5, 5.41) is 10.3. The highest BCUT2D eigenvalue weighted by atomic mass is 16.6. The van der Waals surface area contributed by atoms with Gasteiger partial charge < -0.3 is 0 Å². The molecular formula is C6H11NO2. The molecule has 0 aromatic heterocycles. The Bertz CT molecular complexity index is 127. The van der Waals surface area contributed by atoms with Gasteiger partial charge in [0.25, 0.3) is 0 Å². The molecule has 1 aliphatic carbocycles. The van der Waals surface area contributed by atoms with E-state index in [2.05, 4.69) is 0 Å². The molecule has 9 heavy (non-hydrogen) atoms. The Morgan fingerprint density at radius 1 is 1.44 bits per heavy atom. The average molecular weight is 129 g/mol. The van der Waals surface area contributed by atoms with Crippen LogP contribution in [0.15, 0.2) is 0 Å². The number of rotatable bonds is 1. The van der Waals surface area contributed by atoms with Gasteiger partial charge in [0.1, 0.15) is 0 Å². The van der Waals surface area contributed by atoms with Crippen LogP contribution in [-0.4, -0.2) is 10.5 Å². The van der Waals surface area contributed by atoms with Crippen molar-refractivity contribution in [1.82, 2.24) is 0 Å². The Hall–Kier alpha value is -0.600. The summed E-state index contributed by atoms with van der Waals surface area (Å²) in [4.78, 5) is 10.2. The summed E-state index contributed by atoms with van der Waals surface area (Å²) in [6.45, 7) is 1.74. The van der Waals surface area contributed by atoms with Gasteiger partial charge >= 0.3 is 0 Å². The maximum atomic E-state index is 10.3. The zero-order valence-electron chi connectivity index (χ0n) is 5.59. The molecule has 0 aliphatic heterocycles. The Kier molecular flexibility index (Phi) is 1.43. The van der Waals surface area contributed by atoms with Crippen molar-refractivity contribution >= 4 is 0 Å². The minimum absolute atomic E-state index is 0.139. The van der Waals surface area contributed by atoms with Gasteiger partial charge in [-0.25, -0.2) is 0 Å². The summed E-state index contributed by atoms with van der Waals surface area (Å²) in [7, 11) is 0. The first-order valence-electron chi connectivity index (χ1n) is 3.30. The molecule has 0 bridgehead atoms. The Morgan fingerprint density at radius 2 is 1.89 bits per heavy atom. The lowest BCUT2D eigenvalue weighted by Crippen LogP contribution is -2.30. The molecule has 0 atom stereocenters. The highest BCUT2D eigenvalue weighted by Gasteiger charge is 2.39. The molecular weight excluding hydrogens is 118 g/mol. The zero-order chi connectivity index (χ0) is 6.91. The Balaban J connectivity index is 2.61. The van der Waals surface area contributed by atoms with Gasteiger partial charge in [-0.2, -0.15) is 0 Å². The molecule has 1 fully saturated rings. The van der Waals surface area contributed by atoms with Crippen molar-refractivity contribution < 1.29 is 4.92 Å². The third-order valence-corrected chi connectivity index (χ3v) is 2.12. The van der Waals surface area contributed by atoms with E-state index in [0.29, 0.717) is 0 Å². The van der Waals surface area contributed by atoms with E-state index in [1.54, 1.807) is 6.92 Å². The van der Waals surface area contributed by atoms with Crippen LogP contribution >= 0.6 is 0 Å². The molecule has 3 nitrogen and oxygen atoms in total. The smallest absolute Gasteiger partial charge is 0.219 e. The van der Waals surface area contributed by atoms with Gasteiger partial charge in [0.2, 0.25) is 5.54 Å². The van der Waals surface area contributed by atoms with Crippen molar-refractivity contribution in [2.24, 2.45) is 0 Å². The van der Waals surface area contributed by atoms with Crippen LogP contribution in [-0.2, 0) is 0 Å². The second-order valence-electron chi connectivity index (χ2n) is 2.96. The summed E-state index contributed by atoms with van der Waals surface area (Å²) >= 11 is 0. The average Bonchev–Trinajstić information content (AvgIpc) is 2.16. The van der Waals surface area contributed by atoms with E-state index in [9.17, 15) is 10.1 Å². The largest absolute Gasteiger partial charge is 0.264 e. The van der Waals surface area contributed by atoms with Gasteiger partial charge in [-0.3, -0.25) is 10.1 Å². The molecule has 0 N–H and O–H groups in total. The second-order valence-corrected chi connectivity index (χ2v) is 2.96. The molecule has 0 heterocycles. The molecule has 0 saturated heterocycles. The van der Waals surface area contributed by atoms with Crippen LogP contribution in [0.4, 0.5) is 0 Å². The maximum Gasteiger partial charge on any atom is 0.219 e. The van der Waals surface area contributed by atoms with E-state index in [1.165, 1.54) is 0 Å². The summed E-state index contributed by atoms with van der Waals surface area (Å²) in [6, 6.07) is 0. The lowest BCUT2D eigenvalue weighted by atomic mass is 10.0. The van der Waals surface area contributed by atoms with Crippen molar-refractivity contribution in [1.29, 1.82) is 0 Å². The molecule has 0 unspecified atom stereocenters. The topological polar surface area (TPSA) is 43.1 Å². The quantitative estimate of drug-likeness (QED) is 0.398. The number of hydrogen-bond donors (Lipinski definition) is 0. The monoisotopic (exact) mass is 129 g/mol. The Morgan fingerprint density at radius 3 is 2.11 bits per heavy atom. The predicted molar refractivity (Wildman–Crippen MR) is 33.9 cm³/mol. The number of nitro groups is 1. The Labute approximate surface area is 54.2 Å². The molecule has 52 valence electrons. The summed E-state index contributed by atoms with van der Waals surface area (Å²) in [5.74, 6) is 0. The van der Waals surface area contributed by atoms with Crippen LogP contribution in [0.3, 0.4) is 0 Å². The first-order chi connectivity index (χ1) is 4.15. The fourth-order valence-corrected chi connectivity index (χ4v) is 1.32. The van der Waals surface area contributed by atoms with E-state index in [0.717, 1.165) is 25.7 Å². The lowest BCUT2D eigenvalue weighted by Gasteiger charge is -2.11. The third kappa shape index (κ3) is 1.04. The SMILES string of the molecule is CC1([N+](=O)[O-])CCCC1. The standard InChI is InChI=1S/C6H11NO2/c1-6(7(8)9)4-2-3-5-6/h2-5H2,1H3. The zero-order valence-corrected chi connectivity index (χ0v) is 5.59. The molecule has 1 saturated carbocycles. The van der Waals surface area contributed by atoms with Crippen molar-refractivity contribution in [2.45, 2.75) is 38.1 Å². The van der Waals surface area contributed by atoms with Crippen LogP contribution in [0.2, 0.25) is 0 Å². The minimum atomic E-state index is -0.583. The molecule has 1 rings (SSSR count). The van der Waals surface area contributed by atoms with Crippen LogP contribution in [0.5, 0.6) is 0 Å². The highest BCUT2D eigenvalue weighted by Crippen LogP contribution is 2.31. The fourth-order valence-electron chi connectivity index (χ4n) is 1.32. The molecule has 0 radical (unpaired) electrons. The van der Waals surface area contributed by atoms with Crippen molar-refractivity contribution in [3.63, 3.8) is 0 Å². The van der Waals surface area contributed by atoms with Crippen molar-refractivity contribution in [3.8, 4) is 0 Å². The number of nitrogens with zero attached hydrogens (tertiary/aromatic N) is 1. The van der Waals surface area contributed by atoms with E-state index in [4.69, 9.17) is 0 Å². The van der Waals surface area contributed by atoms with Crippen LogP contribution in [0.25, 0.3) is 0 Å². The minimum Gasteiger partial charge on any atom is -0.264 e. The molecule has 1 aliphatic rings. The van der Waals surface area contributed by atoms with Gasteiger partial charge in [0, 0.05) is 24.7 Å². The summed E-state index contributed by atoms with van der Waals surface area (Å²) in [5.41, 5.74) is -0.583. The maximum absolute atomic E-state index is 10.3. The third-order valence-electron chi connectivity index (χ3n) is 2.12. The van der Waals surface area contributed by atoms with Gasteiger partial charge in [-0.15, -0.1) is 0 Å². The van der Waals surface area contributed by atoms with Crippen LogP contribution < -0.4 is 0 Å². The van der Waals surface area contributed by atoms with E-state index in [1.807, 2.05) is 0 Å². The molecule has 3 heteroatoms. The van der Waals surface area contributed by atoms with Gasteiger partial charge in [-0.05, 0) is 12.8 Å². The first kappa shape index (κ1) is 6.52. The molecule has 0 amide bonds. The molecule has 0 spiro atoms. The number of hydrogen-bond acceptors (Lipinski definition) is 2.